The van der Waals surface area contributed by atoms with Gasteiger partial charge in [-0.15, -0.1) is 0 Å². The van der Waals surface area contributed by atoms with E-state index in [1.165, 1.54) is 0 Å². The lowest BCUT2D eigenvalue weighted by molar-refractivity contribution is 0.0943. The van der Waals surface area contributed by atoms with Crippen LogP contribution in [0, 0.1) is 0 Å². The maximum absolute atomic E-state index is 12.2. The molecule has 0 saturated carbocycles. The smallest absolute Gasteiger partial charge is 0.269 e. The summed E-state index contributed by atoms with van der Waals surface area (Å²) in [5.74, 6) is -0.589. The normalized spacial score (nSPS) is 9.97. The van der Waals surface area contributed by atoms with Gasteiger partial charge in [0.25, 0.3) is 11.8 Å². The number of hydrogen-bond donors (Lipinski definition) is 4. The van der Waals surface area contributed by atoms with Crippen molar-refractivity contribution in [1.82, 2.24) is 10.9 Å². The molecule has 0 radical (unpaired) electrons. The van der Waals surface area contributed by atoms with Crippen LogP contribution in [-0.2, 0) is 0 Å². The van der Waals surface area contributed by atoms with E-state index >= 15 is 0 Å². The number of carbonyl (C=O) groups is 2. The number of anilines is 2. The minimum atomic E-state index is -0.369. The van der Waals surface area contributed by atoms with Gasteiger partial charge in [-0.25, -0.2) is 0 Å². The van der Waals surface area contributed by atoms with Crippen molar-refractivity contribution in [3.8, 4) is 0 Å². The Morgan fingerprint density at radius 3 is 1.86 bits per heavy atom. The van der Waals surface area contributed by atoms with Crippen molar-refractivity contribution >= 4 is 52.1 Å². The Balaban J connectivity index is 1.50. The summed E-state index contributed by atoms with van der Waals surface area (Å²) >= 11 is 11.0. The topological polar surface area (TPSA) is 82.3 Å². The molecule has 0 heterocycles. The molecule has 29 heavy (non-hydrogen) atoms. The van der Waals surface area contributed by atoms with Crippen molar-refractivity contribution in [2.75, 3.05) is 10.6 Å². The van der Waals surface area contributed by atoms with Gasteiger partial charge in [-0.1, -0.05) is 29.8 Å². The van der Waals surface area contributed by atoms with Crippen LogP contribution in [0.15, 0.2) is 78.9 Å². The molecule has 0 unspecified atom stereocenters. The fraction of sp³-hybridized carbons (Fsp3) is 0. The fourth-order valence-electron chi connectivity index (χ4n) is 2.38. The summed E-state index contributed by atoms with van der Waals surface area (Å²) in [6, 6.07) is 22.4. The molecular weight excluding hydrogens is 408 g/mol. The maximum atomic E-state index is 12.2. The van der Waals surface area contributed by atoms with Gasteiger partial charge in [0.15, 0.2) is 5.11 Å². The van der Waals surface area contributed by atoms with E-state index in [4.69, 9.17) is 23.8 Å². The fourth-order valence-corrected chi connectivity index (χ4v) is 2.67. The molecule has 0 fully saturated rings. The monoisotopic (exact) mass is 424 g/mol. The van der Waals surface area contributed by atoms with Gasteiger partial charge in [-0.05, 0) is 72.9 Å². The second-order valence-electron chi connectivity index (χ2n) is 5.94. The summed E-state index contributed by atoms with van der Waals surface area (Å²) in [6.45, 7) is 0. The molecule has 0 atom stereocenters. The Kier molecular flexibility index (Phi) is 6.78. The predicted octanol–water partition coefficient (Wildman–Crippen LogP) is 4.22. The summed E-state index contributed by atoms with van der Waals surface area (Å²) in [7, 11) is 0. The summed E-state index contributed by atoms with van der Waals surface area (Å²) in [5.41, 5.74) is 7.43. The highest BCUT2D eigenvalue weighted by Gasteiger charge is 2.08. The van der Waals surface area contributed by atoms with Crippen LogP contribution in [0.4, 0.5) is 11.4 Å². The molecule has 0 aliphatic rings. The van der Waals surface area contributed by atoms with E-state index in [0.717, 1.165) is 5.69 Å². The average Bonchev–Trinajstić information content (AvgIpc) is 2.75. The average molecular weight is 425 g/mol. The van der Waals surface area contributed by atoms with E-state index in [2.05, 4.69) is 21.5 Å². The van der Waals surface area contributed by atoms with Crippen LogP contribution in [0.5, 0.6) is 0 Å². The minimum absolute atomic E-state index is 0.219. The van der Waals surface area contributed by atoms with Crippen LogP contribution in [-0.4, -0.2) is 16.9 Å². The van der Waals surface area contributed by atoms with Gasteiger partial charge >= 0.3 is 0 Å². The van der Waals surface area contributed by atoms with E-state index in [-0.39, 0.29) is 16.9 Å². The molecule has 146 valence electrons. The molecule has 0 aliphatic heterocycles. The van der Waals surface area contributed by atoms with Crippen molar-refractivity contribution in [3.05, 3.63) is 95.0 Å². The second kappa shape index (κ2) is 9.68. The third kappa shape index (κ3) is 6.03. The molecule has 0 spiro atoms. The van der Waals surface area contributed by atoms with Gasteiger partial charge in [0.2, 0.25) is 0 Å². The number of thiocarbonyl (C=S) groups is 1. The first-order valence-electron chi connectivity index (χ1n) is 8.60. The van der Waals surface area contributed by atoms with E-state index in [9.17, 15) is 9.59 Å². The molecule has 3 rings (SSSR count). The van der Waals surface area contributed by atoms with E-state index in [1.54, 1.807) is 72.8 Å². The zero-order valence-electron chi connectivity index (χ0n) is 15.1. The van der Waals surface area contributed by atoms with Crippen LogP contribution < -0.4 is 21.5 Å². The van der Waals surface area contributed by atoms with Gasteiger partial charge < -0.3 is 10.6 Å². The van der Waals surface area contributed by atoms with Crippen molar-refractivity contribution in [1.29, 1.82) is 0 Å². The van der Waals surface area contributed by atoms with Gasteiger partial charge in [0.1, 0.15) is 0 Å². The van der Waals surface area contributed by atoms with Crippen LogP contribution in [0.1, 0.15) is 20.7 Å². The van der Waals surface area contributed by atoms with Crippen molar-refractivity contribution in [3.63, 3.8) is 0 Å². The lowest BCUT2D eigenvalue weighted by atomic mass is 10.2. The number of rotatable bonds is 4. The van der Waals surface area contributed by atoms with Gasteiger partial charge in [0.05, 0.1) is 0 Å². The number of amides is 2. The summed E-state index contributed by atoms with van der Waals surface area (Å²) in [6.07, 6.45) is 0. The maximum Gasteiger partial charge on any atom is 0.269 e. The van der Waals surface area contributed by atoms with Crippen molar-refractivity contribution < 1.29 is 9.59 Å². The summed E-state index contributed by atoms with van der Waals surface area (Å²) in [4.78, 5) is 24.4. The number of hydrazine groups is 1. The van der Waals surface area contributed by atoms with E-state index in [0.29, 0.717) is 21.8 Å². The molecular formula is C21H17ClN4O2S. The quantitative estimate of drug-likeness (QED) is 0.372. The first-order chi connectivity index (χ1) is 14.0. The zero-order valence-corrected chi connectivity index (χ0v) is 16.7. The molecule has 0 aliphatic carbocycles. The lowest BCUT2D eigenvalue weighted by Crippen LogP contribution is -2.43. The SMILES string of the molecule is O=C(NNC(=S)Nc1ccc(Cl)cc1)c1ccc(NC(=O)c2ccccc2)cc1. The number of benzene rings is 3. The molecule has 3 aromatic carbocycles. The Bertz CT molecular complexity index is 1010. The van der Waals surface area contributed by atoms with Crippen LogP contribution in [0.3, 0.4) is 0 Å². The highest BCUT2D eigenvalue weighted by Crippen LogP contribution is 2.13. The number of hydrogen-bond acceptors (Lipinski definition) is 3. The highest BCUT2D eigenvalue weighted by molar-refractivity contribution is 7.80. The molecule has 3 aromatic rings. The summed E-state index contributed by atoms with van der Waals surface area (Å²) < 4.78 is 0. The Hall–Kier alpha value is -3.42. The molecule has 0 saturated heterocycles. The van der Waals surface area contributed by atoms with Crippen LogP contribution in [0.2, 0.25) is 5.02 Å². The highest BCUT2D eigenvalue weighted by atomic mass is 35.5. The third-order valence-corrected chi connectivity index (χ3v) is 4.29. The largest absolute Gasteiger partial charge is 0.331 e. The van der Waals surface area contributed by atoms with Crippen LogP contribution in [0.25, 0.3) is 0 Å². The zero-order chi connectivity index (χ0) is 20.6. The van der Waals surface area contributed by atoms with Gasteiger partial charge in [0, 0.05) is 27.5 Å². The number of halogens is 1. The second-order valence-corrected chi connectivity index (χ2v) is 6.78. The lowest BCUT2D eigenvalue weighted by Gasteiger charge is -2.12. The standard InChI is InChI=1S/C21H17ClN4O2S/c22-16-8-12-18(13-9-16)24-21(29)26-25-20(28)15-6-10-17(11-7-15)23-19(27)14-4-2-1-3-5-14/h1-13H,(H,23,27)(H,25,28)(H2,24,26,29). The number of nitrogens with one attached hydrogen (secondary N) is 4. The minimum Gasteiger partial charge on any atom is -0.331 e. The Morgan fingerprint density at radius 2 is 1.21 bits per heavy atom. The third-order valence-electron chi connectivity index (χ3n) is 3.83. The first-order valence-corrected chi connectivity index (χ1v) is 9.39. The van der Waals surface area contributed by atoms with E-state index < -0.39 is 0 Å². The molecule has 8 heteroatoms. The summed E-state index contributed by atoms with van der Waals surface area (Å²) in [5, 5.41) is 6.55. The Morgan fingerprint density at radius 1 is 0.655 bits per heavy atom. The van der Waals surface area contributed by atoms with Gasteiger partial charge in [-0.3, -0.25) is 20.4 Å². The predicted molar refractivity (Wildman–Crippen MR) is 119 cm³/mol. The molecule has 6 nitrogen and oxygen atoms in total. The van der Waals surface area contributed by atoms with E-state index in [1.807, 2.05) is 6.07 Å². The van der Waals surface area contributed by atoms with Crippen LogP contribution >= 0.6 is 23.8 Å². The molecule has 0 aromatic heterocycles. The Labute approximate surface area is 178 Å². The first kappa shape index (κ1) is 20.3. The van der Waals surface area contributed by atoms with Crippen molar-refractivity contribution in [2.24, 2.45) is 0 Å². The molecule has 0 bridgehead atoms. The molecule has 2 amide bonds. The number of carbonyl (C=O) groups excluding carboxylic acids is 2. The van der Waals surface area contributed by atoms with Gasteiger partial charge in [-0.2, -0.15) is 0 Å². The van der Waals surface area contributed by atoms with Crippen molar-refractivity contribution in [2.45, 2.75) is 0 Å². The molecule has 4 N–H and O–H groups in total.